The first-order chi connectivity index (χ1) is 15.5. The number of carboxylic acid groups (broad SMARTS) is 1. The van der Waals surface area contributed by atoms with E-state index in [1.54, 1.807) is 12.1 Å². The summed E-state index contributed by atoms with van der Waals surface area (Å²) in [6.45, 7) is 0.163. The van der Waals surface area contributed by atoms with Crippen LogP contribution in [0.1, 0.15) is 24.0 Å². The van der Waals surface area contributed by atoms with Gasteiger partial charge in [0.05, 0.1) is 12.5 Å². The van der Waals surface area contributed by atoms with Gasteiger partial charge in [-0.1, -0.05) is 60.7 Å². The summed E-state index contributed by atoms with van der Waals surface area (Å²) < 4.78 is 10.4. The van der Waals surface area contributed by atoms with Crippen molar-refractivity contribution >= 4 is 18.0 Å². The predicted octanol–water partition coefficient (Wildman–Crippen LogP) is 1.84. The molecule has 0 fully saturated rings. The minimum atomic E-state index is -1.21. The normalized spacial score (nSPS) is 12.4. The smallest absolute Gasteiger partial charge is 0.407 e. The maximum Gasteiger partial charge on any atom is 0.407 e. The Kier molecular flexibility index (Phi) is 10.7. The van der Waals surface area contributed by atoms with Gasteiger partial charge >= 0.3 is 18.0 Å². The van der Waals surface area contributed by atoms with Crippen LogP contribution in [0.25, 0.3) is 0 Å². The molecule has 2 rings (SSSR count). The van der Waals surface area contributed by atoms with Crippen LogP contribution in [0.4, 0.5) is 4.79 Å². The third kappa shape index (κ3) is 9.59. The molecular formula is C23H28N2O7. The molecule has 0 aliphatic rings. The lowest BCUT2D eigenvalue weighted by atomic mass is 10.1. The molecule has 0 spiro atoms. The molecule has 2 aromatic carbocycles. The largest absolute Gasteiger partial charge is 0.481 e. The average Bonchev–Trinajstić information content (AvgIpc) is 2.80. The standard InChI is InChI=1S/C23H28N2O7/c26-19(11-13-25-23(30)32-16-18-9-5-2-6-10-18)21(24-14-12-20(27)28)22(29)31-15-17-7-3-1-4-8-17/h1-10,19,21,24,26H,11-16H2,(H,25,30)(H,27,28)/t19?,21-/m0/s1. The molecular weight excluding hydrogens is 416 g/mol. The van der Waals surface area contributed by atoms with E-state index >= 15 is 0 Å². The van der Waals surface area contributed by atoms with Crippen molar-refractivity contribution in [2.75, 3.05) is 13.1 Å². The van der Waals surface area contributed by atoms with Crippen LogP contribution < -0.4 is 10.6 Å². The van der Waals surface area contributed by atoms with Gasteiger partial charge in [0.25, 0.3) is 0 Å². The van der Waals surface area contributed by atoms with Gasteiger partial charge < -0.3 is 30.3 Å². The number of carbonyl (C=O) groups excluding carboxylic acids is 2. The van der Waals surface area contributed by atoms with Crippen LogP contribution in [0.15, 0.2) is 60.7 Å². The first-order valence-corrected chi connectivity index (χ1v) is 10.2. The number of ether oxygens (including phenoxy) is 2. The molecule has 0 saturated heterocycles. The Morgan fingerprint density at radius 1 is 0.844 bits per heavy atom. The number of benzene rings is 2. The highest BCUT2D eigenvalue weighted by Crippen LogP contribution is 2.07. The Bertz CT molecular complexity index is 846. The SMILES string of the molecule is O=C(O)CCN[C@H](C(=O)OCc1ccccc1)C(O)CCNC(=O)OCc1ccccc1. The van der Waals surface area contributed by atoms with Crippen LogP contribution in [-0.4, -0.2) is 53.5 Å². The number of carboxylic acids is 1. The molecule has 2 aromatic rings. The van der Waals surface area contributed by atoms with Crippen molar-refractivity contribution in [2.45, 2.75) is 38.2 Å². The number of hydrogen-bond acceptors (Lipinski definition) is 7. The van der Waals surface area contributed by atoms with Crippen molar-refractivity contribution in [1.29, 1.82) is 0 Å². The van der Waals surface area contributed by atoms with Crippen molar-refractivity contribution in [3.63, 3.8) is 0 Å². The topological polar surface area (TPSA) is 134 Å². The van der Waals surface area contributed by atoms with Crippen molar-refractivity contribution in [1.82, 2.24) is 10.6 Å². The maximum atomic E-state index is 12.5. The van der Waals surface area contributed by atoms with Crippen molar-refractivity contribution in [3.05, 3.63) is 71.8 Å². The lowest BCUT2D eigenvalue weighted by Gasteiger charge is -2.22. The molecule has 4 N–H and O–H groups in total. The molecule has 1 amide bonds. The van der Waals surface area contributed by atoms with Crippen molar-refractivity contribution in [3.8, 4) is 0 Å². The van der Waals surface area contributed by atoms with E-state index in [9.17, 15) is 19.5 Å². The highest BCUT2D eigenvalue weighted by molar-refractivity contribution is 5.76. The average molecular weight is 444 g/mol. The van der Waals surface area contributed by atoms with Gasteiger partial charge in [0, 0.05) is 13.1 Å². The molecule has 32 heavy (non-hydrogen) atoms. The third-order valence-corrected chi connectivity index (χ3v) is 4.49. The van der Waals surface area contributed by atoms with Crippen LogP contribution in [-0.2, 0) is 32.3 Å². The quantitative estimate of drug-likeness (QED) is 0.344. The van der Waals surface area contributed by atoms with Crippen LogP contribution in [0.2, 0.25) is 0 Å². The Morgan fingerprint density at radius 3 is 1.97 bits per heavy atom. The lowest BCUT2D eigenvalue weighted by molar-refractivity contribution is -0.151. The van der Waals surface area contributed by atoms with E-state index in [2.05, 4.69) is 10.6 Å². The molecule has 0 radical (unpaired) electrons. The fraction of sp³-hybridized carbons (Fsp3) is 0.348. The summed E-state index contributed by atoms with van der Waals surface area (Å²) in [5.41, 5.74) is 1.62. The van der Waals surface area contributed by atoms with Gasteiger partial charge in [0.15, 0.2) is 0 Å². The first-order valence-electron chi connectivity index (χ1n) is 10.2. The minimum Gasteiger partial charge on any atom is -0.481 e. The van der Waals surface area contributed by atoms with E-state index in [0.717, 1.165) is 11.1 Å². The fourth-order valence-corrected chi connectivity index (χ4v) is 2.79. The number of esters is 1. The molecule has 1 unspecified atom stereocenters. The van der Waals surface area contributed by atoms with Gasteiger partial charge in [-0.25, -0.2) is 4.79 Å². The van der Waals surface area contributed by atoms with Crippen molar-refractivity contribution in [2.24, 2.45) is 0 Å². The van der Waals surface area contributed by atoms with Gasteiger partial charge in [-0.15, -0.1) is 0 Å². The Balaban J connectivity index is 1.80. The Labute approximate surface area is 186 Å². The second-order valence-corrected chi connectivity index (χ2v) is 7.01. The minimum absolute atomic E-state index is 0.0214. The van der Waals surface area contributed by atoms with Gasteiger partial charge in [-0.2, -0.15) is 0 Å². The summed E-state index contributed by atoms with van der Waals surface area (Å²) in [4.78, 5) is 35.1. The molecule has 0 bridgehead atoms. The summed E-state index contributed by atoms with van der Waals surface area (Å²) in [5.74, 6) is -1.75. The van der Waals surface area contributed by atoms with Crippen molar-refractivity contribution < 1.29 is 34.1 Å². The summed E-state index contributed by atoms with van der Waals surface area (Å²) in [6.07, 6.45) is -2.05. The Morgan fingerprint density at radius 2 is 1.41 bits per heavy atom. The summed E-state index contributed by atoms with van der Waals surface area (Å²) in [6, 6.07) is 17.1. The van der Waals surface area contributed by atoms with E-state index in [4.69, 9.17) is 14.6 Å². The molecule has 0 saturated carbocycles. The fourth-order valence-electron chi connectivity index (χ4n) is 2.79. The number of aliphatic hydroxyl groups excluding tert-OH is 1. The number of nitrogens with one attached hydrogen (secondary N) is 2. The number of alkyl carbamates (subject to hydrolysis) is 1. The number of carbonyl (C=O) groups is 3. The van der Waals surface area contributed by atoms with E-state index in [1.807, 2.05) is 48.5 Å². The monoisotopic (exact) mass is 444 g/mol. The third-order valence-electron chi connectivity index (χ3n) is 4.49. The lowest BCUT2D eigenvalue weighted by Crippen LogP contribution is -2.48. The highest BCUT2D eigenvalue weighted by Gasteiger charge is 2.28. The summed E-state index contributed by atoms with van der Waals surface area (Å²) in [7, 11) is 0. The molecule has 0 aromatic heterocycles. The van der Waals surface area contributed by atoms with Gasteiger partial charge in [0.2, 0.25) is 0 Å². The van der Waals surface area contributed by atoms with Crippen LogP contribution in [0.3, 0.4) is 0 Å². The molecule has 2 atom stereocenters. The first kappa shape index (κ1) is 24.8. The van der Waals surface area contributed by atoms with Crippen LogP contribution >= 0.6 is 0 Å². The van der Waals surface area contributed by atoms with Crippen LogP contribution in [0.5, 0.6) is 0 Å². The maximum absolute atomic E-state index is 12.5. The summed E-state index contributed by atoms with van der Waals surface area (Å²) in [5, 5.41) is 24.5. The summed E-state index contributed by atoms with van der Waals surface area (Å²) >= 11 is 0. The van der Waals surface area contributed by atoms with Gasteiger partial charge in [-0.3, -0.25) is 9.59 Å². The molecule has 0 heterocycles. The zero-order valence-corrected chi connectivity index (χ0v) is 17.6. The zero-order valence-electron chi connectivity index (χ0n) is 17.6. The second-order valence-electron chi connectivity index (χ2n) is 7.01. The number of aliphatic hydroxyl groups is 1. The van der Waals surface area contributed by atoms with E-state index in [-0.39, 0.29) is 39.1 Å². The molecule has 0 aliphatic heterocycles. The Hall–Kier alpha value is -3.43. The van der Waals surface area contributed by atoms with Gasteiger partial charge in [-0.05, 0) is 17.5 Å². The van der Waals surface area contributed by atoms with E-state index in [1.165, 1.54) is 0 Å². The van der Waals surface area contributed by atoms with E-state index in [0.29, 0.717) is 0 Å². The molecule has 9 heteroatoms. The molecule has 9 nitrogen and oxygen atoms in total. The van der Waals surface area contributed by atoms with Gasteiger partial charge in [0.1, 0.15) is 19.3 Å². The highest BCUT2D eigenvalue weighted by atomic mass is 16.5. The molecule has 172 valence electrons. The van der Waals surface area contributed by atoms with E-state index < -0.39 is 30.2 Å². The molecule has 0 aliphatic carbocycles. The number of rotatable bonds is 13. The number of aliphatic carboxylic acids is 1. The predicted molar refractivity (Wildman–Crippen MR) is 116 cm³/mol. The number of amides is 1. The number of hydrogen-bond donors (Lipinski definition) is 4. The second kappa shape index (κ2) is 13.8. The zero-order chi connectivity index (χ0) is 23.2. The van der Waals surface area contributed by atoms with Crippen LogP contribution in [0, 0.1) is 0 Å².